The maximum atomic E-state index is 13.3. The van der Waals surface area contributed by atoms with Crippen molar-refractivity contribution >= 4 is 21.6 Å². The number of piperazine rings is 1. The first kappa shape index (κ1) is 19.4. The second-order valence-corrected chi connectivity index (χ2v) is 8.29. The number of hydrogen-bond acceptors (Lipinski definition) is 4. The molecule has 0 spiro atoms. The Morgan fingerprint density at radius 3 is 2.26 bits per heavy atom. The monoisotopic (exact) mass is 395 g/mol. The van der Waals surface area contributed by atoms with E-state index in [4.69, 9.17) is 0 Å². The number of anilines is 1. The summed E-state index contributed by atoms with van der Waals surface area (Å²) in [6.07, 6.45) is 0. The van der Waals surface area contributed by atoms with Gasteiger partial charge in [-0.25, -0.2) is 17.2 Å². The molecule has 1 fully saturated rings. The number of halogens is 2. The second-order valence-electron chi connectivity index (χ2n) is 6.35. The molecule has 0 aliphatic carbocycles. The summed E-state index contributed by atoms with van der Waals surface area (Å²) < 4.78 is 53.5. The number of carbonyl (C=O) groups excluding carboxylic acids is 1. The zero-order valence-electron chi connectivity index (χ0n) is 14.7. The van der Waals surface area contributed by atoms with E-state index in [1.54, 1.807) is 0 Å². The Bertz CT molecular complexity index is 938. The Kier molecular flexibility index (Phi) is 5.54. The van der Waals surface area contributed by atoms with Gasteiger partial charge in [0.2, 0.25) is 10.0 Å². The first-order valence-corrected chi connectivity index (χ1v) is 9.76. The van der Waals surface area contributed by atoms with Gasteiger partial charge in [-0.2, -0.15) is 4.31 Å². The zero-order valence-corrected chi connectivity index (χ0v) is 15.5. The van der Waals surface area contributed by atoms with E-state index < -0.39 is 27.6 Å². The Labute approximate surface area is 156 Å². The smallest absolute Gasteiger partial charge is 0.255 e. The Morgan fingerprint density at radius 2 is 1.63 bits per heavy atom. The van der Waals surface area contributed by atoms with Crippen LogP contribution in [-0.4, -0.2) is 56.8 Å². The van der Waals surface area contributed by atoms with Crippen molar-refractivity contribution in [2.45, 2.75) is 4.90 Å². The fourth-order valence-corrected chi connectivity index (χ4v) is 4.27. The van der Waals surface area contributed by atoms with Crippen LogP contribution in [0.5, 0.6) is 0 Å². The topological polar surface area (TPSA) is 69.7 Å². The molecule has 144 valence electrons. The van der Waals surface area contributed by atoms with Gasteiger partial charge in [-0.3, -0.25) is 4.79 Å². The highest BCUT2D eigenvalue weighted by Crippen LogP contribution is 2.20. The summed E-state index contributed by atoms with van der Waals surface area (Å²) in [6.45, 7) is 2.00. The van der Waals surface area contributed by atoms with E-state index in [2.05, 4.69) is 5.32 Å². The van der Waals surface area contributed by atoms with Crippen molar-refractivity contribution in [1.82, 2.24) is 9.21 Å². The predicted molar refractivity (Wildman–Crippen MR) is 97.0 cm³/mol. The summed E-state index contributed by atoms with van der Waals surface area (Å²) in [6, 6.07) is 8.24. The summed E-state index contributed by atoms with van der Waals surface area (Å²) >= 11 is 0. The lowest BCUT2D eigenvalue weighted by atomic mass is 10.2. The Morgan fingerprint density at radius 1 is 1.00 bits per heavy atom. The second kappa shape index (κ2) is 7.71. The lowest BCUT2D eigenvalue weighted by Crippen LogP contribution is -2.47. The van der Waals surface area contributed by atoms with Crippen molar-refractivity contribution in [1.29, 1.82) is 0 Å². The third kappa shape index (κ3) is 4.49. The van der Waals surface area contributed by atoms with Gasteiger partial charge < -0.3 is 10.2 Å². The summed E-state index contributed by atoms with van der Waals surface area (Å²) in [4.78, 5) is 14.4. The molecular weight excluding hydrogens is 376 g/mol. The molecule has 1 amide bonds. The van der Waals surface area contributed by atoms with Crippen LogP contribution in [-0.2, 0) is 10.0 Å². The molecule has 9 heteroatoms. The van der Waals surface area contributed by atoms with Gasteiger partial charge in [-0.05, 0) is 37.4 Å². The average Bonchev–Trinajstić information content (AvgIpc) is 2.61. The maximum absolute atomic E-state index is 13.3. The molecule has 0 saturated carbocycles. The highest BCUT2D eigenvalue weighted by atomic mass is 32.2. The molecule has 0 radical (unpaired) electrons. The van der Waals surface area contributed by atoms with E-state index in [0.29, 0.717) is 32.2 Å². The number of benzene rings is 2. The van der Waals surface area contributed by atoms with Crippen molar-refractivity contribution in [2.24, 2.45) is 0 Å². The first-order chi connectivity index (χ1) is 12.8. The molecule has 1 aliphatic rings. The summed E-state index contributed by atoms with van der Waals surface area (Å²) in [5, 5.41) is 2.37. The van der Waals surface area contributed by atoms with Crippen LogP contribution in [0.3, 0.4) is 0 Å². The molecule has 0 bridgehead atoms. The number of hydrogen-bond donors (Lipinski definition) is 1. The Hall–Kier alpha value is -2.36. The molecule has 3 rings (SSSR count). The van der Waals surface area contributed by atoms with Gasteiger partial charge in [0.15, 0.2) is 0 Å². The van der Waals surface area contributed by atoms with Gasteiger partial charge in [-0.1, -0.05) is 6.07 Å². The molecule has 2 aromatic carbocycles. The van der Waals surface area contributed by atoms with E-state index in [9.17, 15) is 22.0 Å². The molecule has 0 unspecified atom stereocenters. The molecule has 1 N–H and O–H groups in total. The highest BCUT2D eigenvalue weighted by molar-refractivity contribution is 7.89. The van der Waals surface area contributed by atoms with E-state index in [1.807, 2.05) is 11.9 Å². The molecule has 6 nitrogen and oxygen atoms in total. The Balaban J connectivity index is 1.81. The number of sulfonamides is 1. The minimum Gasteiger partial charge on any atom is -0.322 e. The van der Waals surface area contributed by atoms with E-state index in [-0.39, 0.29) is 16.1 Å². The summed E-state index contributed by atoms with van der Waals surface area (Å²) in [7, 11) is -1.80. The van der Waals surface area contributed by atoms with Crippen molar-refractivity contribution in [3.63, 3.8) is 0 Å². The van der Waals surface area contributed by atoms with Crippen LogP contribution in [0.15, 0.2) is 47.4 Å². The number of likely N-dealkylation sites (N-methyl/N-ethyl adjacent to an activating group) is 1. The van der Waals surface area contributed by atoms with E-state index in [0.717, 1.165) is 12.1 Å². The third-order valence-corrected chi connectivity index (χ3v) is 6.21. The van der Waals surface area contributed by atoms with Crippen LogP contribution in [0.4, 0.5) is 14.5 Å². The quantitative estimate of drug-likeness (QED) is 0.861. The molecule has 0 atom stereocenters. The summed E-state index contributed by atoms with van der Waals surface area (Å²) in [5.74, 6) is -2.30. The average molecular weight is 395 g/mol. The van der Waals surface area contributed by atoms with E-state index >= 15 is 0 Å². The largest absolute Gasteiger partial charge is 0.322 e. The number of nitrogens with zero attached hydrogens (tertiary/aromatic N) is 2. The highest BCUT2D eigenvalue weighted by Gasteiger charge is 2.28. The van der Waals surface area contributed by atoms with Crippen molar-refractivity contribution in [3.05, 3.63) is 59.7 Å². The molecular formula is C18H19F2N3O3S. The van der Waals surface area contributed by atoms with Crippen molar-refractivity contribution in [3.8, 4) is 0 Å². The van der Waals surface area contributed by atoms with Crippen LogP contribution in [0.1, 0.15) is 10.4 Å². The fourth-order valence-electron chi connectivity index (χ4n) is 2.80. The minimum absolute atomic E-state index is 0.00475. The van der Waals surface area contributed by atoms with Crippen LogP contribution in [0.2, 0.25) is 0 Å². The zero-order chi connectivity index (χ0) is 19.6. The number of rotatable bonds is 4. The molecule has 1 aliphatic heterocycles. The molecule has 27 heavy (non-hydrogen) atoms. The van der Waals surface area contributed by atoms with Crippen LogP contribution < -0.4 is 5.32 Å². The molecule has 1 saturated heterocycles. The van der Waals surface area contributed by atoms with E-state index in [1.165, 1.54) is 28.6 Å². The number of carbonyl (C=O) groups is 1. The number of nitrogens with one attached hydrogen (secondary N) is 1. The minimum atomic E-state index is -3.72. The van der Waals surface area contributed by atoms with Gasteiger partial charge in [0, 0.05) is 43.5 Å². The molecule has 2 aromatic rings. The summed E-state index contributed by atoms with van der Waals surface area (Å²) in [5.41, 5.74) is 0.0275. The van der Waals surface area contributed by atoms with Crippen LogP contribution >= 0.6 is 0 Å². The molecule has 1 heterocycles. The maximum Gasteiger partial charge on any atom is 0.255 e. The normalized spacial score (nSPS) is 16.3. The SMILES string of the molecule is CN1CCN(S(=O)(=O)c2cccc(C(=O)Nc3cc(F)cc(F)c3)c2)CC1. The lowest BCUT2D eigenvalue weighted by Gasteiger charge is -2.31. The van der Waals surface area contributed by atoms with Gasteiger partial charge >= 0.3 is 0 Å². The van der Waals surface area contributed by atoms with Gasteiger partial charge in [0.1, 0.15) is 11.6 Å². The van der Waals surface area contributed by atoms with Crippen molar-refractivity contribution in [2.75, 3.05) is 38.5 Å². The fraction of sp³-hybridized carbons (Fsp3) is 0.278. The van der Waals surface area contributed by atoms with Crippen LogP contribution in [0.25, 0.3) is 0 Å². The van der Waals surface area contributed by atoms with Crippen molar-refractivity contribution < 1.29 is 22.0 Å². The predicted octanol–water partition coefficient (Wildman–Crippen LogP) is 2.15. The van der Waals surface area contributed by atoms with Gasteiger partial charge in [-0.15, -0.1) is 0 Å². The standard InChI is InChI=1S/C18H19F2N3O3S/c1-22-5-7-23(8-6-22)27(25,26)17-4-2-3-13(9-17)18(24)21-16-11-14(19)10-15(20)12-16/h2-4,9-12H,5-8H2,1H3,(H,21,24). The molecule has 0 aromatic heterocycles. The van der Waals surface area contributed by atoms with Gasteiger partial charge in [0.25, 0.3) is 5.91 Å². The lowest BCUT2D eigenvalue weighted by molar-refractivity contribution is 0.102. The van der Waals surface area contributed by atoms with Gasteiger partial charge in [0.05, 0.1) is 4.90 Å². The number of amides is 1. The third-order valence-electron chi connectivity index (χ3n) is 4.32. The van der Waals surface area contributed by atoms with Crippen LogP contribution in [0, 0.1) is 11.6 Å². The first-order valence-electron chi connectivity index (χ1n) is 8.32.